The molecule has 1 aliphatic rings. The van der Waals surface area contributed by atoms with Crippen LogP contribution in [0.4, 0.5) is 0 Å². The second-order valence-electron chi connectivity index (χ2n) is 3.35. The Hall–Kier alpha value is -0.0500. The Bertz CT molecular complexity index is 338. The van der Waals surface area contributed by atoms with E-state index in [0.29, 0.717) is 6.04 Å². The SMILES string of the molecule is CC1NCCc2c1ccc(Br)c2Cl. The van der Waals surface area contributed by atoms with Crippen LogP contribution >= 0.6 is 27.5 Å². The highest BCUT2D eigenvalue weighted by Crippen LogP contribution is 2.33. The maximum absolute atomic E-state index is 6.20. The lowest BCUT2D eigenvalue weighted by atomic mass is 9.95. The number of hydrogen-bond acceptors (Lipinski definition) is 1. The van der Waals surface area contributed by atoms with E-state index < -0.39 is 0 Å². The average Bonchev–Trinajstić information content (AvgIpc) is 2.12. The largest absolute Gasteiger partial charge is 0.310 e. The molecule has 0 aromatic heterocycles. The fourth-order valence-corrected chi connectivity index (χ4v) is 2.43. The minimum atomic E-state index is 0.425. The Labute approximate surface area is 91.6 Å². The lowest BCUT2D eigenvalue weighted by Crippen LogP contribution is -2.27. The van der Waals surface area contributed by atoms with Gasteiger partial charge in [0, 0.05) is 10.5 Å². The third kappa shape index (κ3) is 1.63. The van der Waals surface area contributed by atoms with Crippen LogP contribution in [0, 0.1) is 0 Å². The number of halogens is 2. The van der Waals surface area contributed by atoms with Crippen molar-refractivity contribution in [3.63, 3.8) is 0 Å². The molecule has 0 bridgehead atoms. The molecular weight excluding hydrogens is 249 g/mol. The van der Waals surface area contributed by atoms with Gasteiger partial charge in [0.25, 0.3) is 0 Å². The summed E-state index contributed by atoms with van der Waals surface area (Å²) in [6.07, 6.45) is 1.03. The molecule has 1 aliphatic heterocycles. The first-order valence-corrected chi connectivity index (χ1v) is 5.57. The molecule has 1 atom stereocenters. The standard InChI is InChI=1S/C10H11BrClN/c1-6-7-2-3-9(11)10(12)8(7)4-5-13-6/h2-3,6,13H,4-5H2,1H3. The molecule has 1 aromatic rings. The van der Waals surface area contributed by atoms with Gasteiger partial charge < -0.3 is 5.32 Å². The Morgan fingerprint density at radius 1 is 1.54 bits per heavy atom. The predicted molar refractivity (Wildman–Crippen MR) is 59.3 cm³/mol. The molecule has 0 saturated carbocycles. The van der Waals surface area contributed by atoms with E-state index in [9.17, 15) is 0 Å². The van der Waals surface area contributed by atoms with Crippen molar-refractivity contribution >= 4 is 27.5 Å². The third-order valence-corrected chi connectivity index (χ3v) is 3.85. The van der Waals surface area contributed by atoms with Gasteiger partial charge in [0.1, 0.15) is 0 Å². The van der Waals surface area contributed by atoms with E-state index in [1.165, 1.54) is 11.1 Å². The molecule has 0 aliphatic carbocycles. The molecule has 1 unspecified atom stereocenters. The molecule has 0 amide bonds. The highest BCUT2D eigenvalue weighted by molar-refractivity contribution is 9.10. The van der Waals surface area contributed by atoms with Crippen molar-refractivity contribution in [1.82, 2.24) is 5.32 Å². The van der Waals surface area contributed by atoms with Gasteiger partial charge in [-0.05, 0) is 53.0 Å². The second kappa shape index (κ2) is 3.60. The monoisotopic (exact) mass is 259 g/mol. The first-order valence-electron chi connectivity index (χ1n) is 4.40. The zero-order valence-electron chi connectivity index (χ0n) is 7.40. The first kappa shape index (κ1) is 9.50. The van der Waals surface area contributed by atoms with E-state index in [1.807, 2.05) is 6.07 Å². The van der Waals surface area contributed by atoms with Crippen molar-refractivity contribution in [2.75, 3.05) is 6.54 Å². The zero-order chi connectivity index (χ0) is 9.42. The molecule has 1 heterocycles. The lowest BCUT2D eigenvalue weighted by molar-refractivity contribution is 0.541. The molecule has 1 N–H and O–H groups in total. The maximum Gasteiger partial charge on any atom is 0.0583 e. The van der Waals surface area contributed by atoms with Crippen LogP contribution in [0.15, 0.2) is 16.6 Å². The molecule has 0 radical (unpaired) electrons. The molecule has 1 nitrogen and oxygen atoms in total. The van der Waals surface area contributed by atoms with Gasteiger partial charge in [-0.25, -0.2) is 0 Å². The molecular formula is C10H11BrClN. The maximum atomic E-state index is 6.20. The van der Waals surface area contributed by atoms with Gasteiger partial charge in [0.2, 0.25) is 0 Å². The van der Waals surface area contributed by atoms with Crippen LogP contribution in [0.2, 0.25) is 5.02 Å². The Morgan fingerprint density at radius 3 is 3.08 bits per heavy atom. The molecule has 0 fully saturated rings. The van der Waals surface area contributed by atoms with Crippen molar-refractivity contribution in [3.05, 3.63) is 32.8 Å². The van der Waals surface area contributed by atoms with Crippen molar-refractivity contribution in [3.8, 4) is 0 Å². The van der Waals surface area contributed by atoms with E-state index in [4.69, 9.17) is 11.6 Å². The topological polar surface area (TPSA) is 12.0 Å². The molecule has 70 valence electrons. The highest BCUT2D eigenvalue weighted by Gasteiger charge is 2.18. The van der Waals surface area contributed by atoms with E-state index in [-0.39, 0.29) is 0 Å². The first-order chi connectivity index (χ1) is 6.20. The Morgan fingerprint density at radius 2 is 2.31 bits per heavy atom. The number of nitrogens with one attached hydrogen (secondary N) is 1. The summed E-state index contributed by atoms with van der Waals surface area (Å²) in [6.45, 7) is 3.19. The molecule has 3 heteroatoms. The fourth-order valence-electron chi connectivity index (χ4n) is 1.79. The summed E-state index contributed by atoms with van der Waals surface area (Å²) in [5.41, 5.74) is 2.63. The predicted octanol–water partition coefficient (Wildman–Crippen LogP) is 3.31. The molecule has 1 aromatic carbocycles. The van der Waals surface area contributed by atoms with Gasteiger partial charge in [0.15, 0.2) is 0 Å². The van der Waals surface area contributed by atoms with Crippen LogP contribution in [0.5, 0.6) is 0 Å². The van der Waals surface area contributed by atoms with Crippen LogP contribution < -0.4 is 5.32 Å². The molecule has 13 heavy (non-hydrogen) atoms. The van der Waals surface area contributed by atoms with E-state index in [2.05, 4.69) is 34.2 Å². The number of fused-ring (bicyclic) bond motifs is 1. The van der Waals surface area contributed by atoms with Gasteiger partial charge in [-0.3, -0.25) is 0 Å². The number of benzene rings is 1. The number of rotatable bonds is 0. The summed E-state index contributed by atoms with van der Waals surface area (Å²) in [4.78, 5) is 0. The molecule has 0 saturated heterocycles. The summed E-state index contributed by atoms with van der Waals surface area (Å²) in [5.74, 6) is 0. The van der Waals surface area contributed by atoms with Gasteiger partial charge in [-0.1, -0.05) is 17.7 Å². The lowest BCUT2D eigenvalue weighted by Gasteiger charge is -2.25. The van der Waals surface area contributed by atoms with Gasteiger partial charge in [-0.2, -0.15) is 0 Å². The fraction of sp³-hybridized carbons (Fsp3) is 0.400. The van der Waals surface area contributed by atoms with E-state index in [0.717, 1.165) is 22.5 Å². The Balaban J connectivity index is 2.56. The van der Waals surface area contributed by atoms with Crippen molar-refractivity contribution in [2.24, 2.45) is 0 Å². The smallest absolute Gasteiger partial charge is 0.0583 e. The normalized spacial score (nSPS) is 21.3. The molecule has 0 spiro atoms. The summed E-state index contributed by atoms with van der Waals surface area (Å²) < 4.78 is 1.00. The molecule has 2 rings (SSSR count). The van der Waals surface area contributed by atoms with E-state index in [1.54, 1.807) is 0 Å². The minimum absolute atomic E-state index is 0.425. The van der Waals surface area contributed by atoms with Crippen LogP contribution in [-0.2, 0) is 6.42 Å². The van der Waals surface area contributed by atoms with Crippen molar-refractivity contribution < 1.29 is 0 Å². The second-order valence-corrected chi connectivity index (χ2v) is 4.59. The van der Waals surface area contributed by atoms with Gasteiger partial charge in [0.05, 0.1) is 5.02 Å². The quantitative estimate of drug-likeness (QED) is 0.755. The van der Waals surface area contributed by atoms with E-state index >= 15 is 0 Å². The summed E-state index contributed by atoms with van der Waals surface area (Å²) in [6, 6.07) is 4.58. The van der Waals surface area contributed by atoms with Crippen LogP contribution in [0.3, 0.4) is 0 Å². The summed E-state index contributed by atoms with van der Waals surface area (Å²) in [5, 5.41) is 4.29. The van der Waals surface area contributed by atoms with Crippen LogP contribution in [0.25, 0.3) is 0 Å². The van der Waals surface area contributed by atoms with Gasteiger partial charge >= 0.3 is 0 Å². The number of hydrogen-bond donors (Lipinski definition) is 1. The Kier molecular flexibility index (Phi) is 2.63. The van der Waals surface area contributed by atoms with Crippen molar-refractivity contribution in [1.29, 1.82) is 0 Å². The third-order valence-electron chi connectivity index (χ3n) is 2.52. The average molecular weight is 261 g/mol. The van der Waals surface area contributed by atoms with Crippen LogP contribution in [0.1, 0.15) is 24.1 Å². The minimum Gasteiger partial charge on any atom is -0.310 e. The summed E-state index contributed by atoms with van der Waals surface area (Å²) >= 11 is 9.64. The van der Waals surface area contributed by atoms with Gasteiger partial charge in [-0.15, -0.1) is 0 Å². The summed E-state index contributed by atoms with van der Waals surface area (Å²) in [7, 11) is 0. The zero-order valence-corrected chi connectivity index (χ0v) is 9.74. The van der Waals surface area contributed by atoms with Crippen molar-refractivity contribution in [2.45, 2.75) is 19.4 Å². The van der Waals surface area contributed by atoms with Crippen LogP contribution in [-0.4, -0.2) is 6.54 Å². The highest BCUT2D eigenvalue weighted by atomic mass is 79.9.